The lowest BCUT2D eigenvalue weighted by Gasteiger charge is -2.27. The Hall–Kier alpha value is -1.58. The van der Waals surface area contributed by atoms with E-state index in [4.69, 9.17) is 9.15 Å². The molecule has 0 saturated heterocycles. The lowest BCUT2D eigenvalue weighted by molar-refractivity contribution is 0.0405. The molecule has 0 saturated carbocycles. The van der Waals surface area contributed by atoms with Gasteiger partial charge < -0.3 is 14.5 Å². The van der Waals surface area contributed by atoms with Gasteiger partial charge in [-0.2, -0.15) is 0 Å². The third kappa shape index (κ3) is 2.72. The Morgan fingerprint density at radius 1 is 1.26 bits per heavy atom. The number of hydrogen-bond donors (Lipinski definition) is 1. The molecule has 0 spiro atoms. The Morgan fingerprint density at radius 2 is 2.16 bits per heavy atom. The molecule has 0 bridgehead atoms. The van der Waals surface area contributed by atoms with Crippen LogP contribution in [-0.4, -0.2) is 13.2 Å². The minimum Gasteiger partial charge on any atom is -0.468 e. The Kier molecular flexibility index (Phi) is 3.67. The van der Waals surface area contributed by atoms with Crippen molar-refractivity contribution in [3.8, 4) is 0 Å². The van der Waals surface area contributed by atoms with Gasteiger partial charge in [-0.05, 0) is 36.6 Å². The van der Waals surface area contributed by atoms with Gasteiger partial charge in [0, 0.05) is 6.54 Å². The molecule has 2 aromatic rings. The van der Waals surface area contributed by atoms with Crippen molar-refractivity contribution in [2.75, 3.05) is 13.2 Å². The van der Waals surface area contributed by atoms with Gasteiger partial charge in [-0.3, -0.25) is 0 Å². The van der Waals surface area contributed by atoms with Gasteiger partial charge in [0.15, 0.2) is 0 Å². The molecule has 3 nitrogen and oxygen atoms in total. The number of nitrogens with one attached hydrogen (secondary N) is 1. The molecule has 100 valence electrons. The second kappa shape index (κ2) is 5.59. The summed E-state index contributed by atoms with van der Waals surface area (Å²) in [5.74, 6) is 0.962. The second-order valence-corrected chi connectivity index (χ2v) is 4.95. The molecule has 1 N–H and O–H groups in total. The Morgan fingerprint density at radius 3 is 3.00 bits per heavy atom. The van der Waals surface area contributed by atoms with Crippen LogP contribution in [0.2, 0.25) is 0 Å². The van der Waals surface area contributed by atoms with Crippen molar-refractivity contribution in [2.45, 2.75) is 25.5 Å². The summed E-state index contributed by atoms with van der Waals surface area (Å²) in [5, 5.41) is 3.48. The van der Waals surface area contributed by atoms with Crippen molar-refractivity contribution in [2.24, 2.45) is 0 Å². The van der Waals surface area contributed by atoms with E-state index in [1.807, 2.05) is 12.1 Å². The monoisotopic (exact) mass is 257 g/mol. The van der Waals surface area contributed by atoms with Crippen LogP contribution in [0.15, 0.2) is 47.1 Å². The third-order valence-electron chi connectivity index (χ3n) is 3.67. The van der Waals surface area contributed by atoms with Crippen molar-refractivity contribution in [3.05, 3.63) is 59.5 Å². The lowest BCUT2D eigenvalue weighted by atomic mass is 9.97. The van der Waals surface area contributed by atoms with E-state index in [1.165, 1.54) is 11.1 Å². The number of fused-ring (bicyclic) bond motifs is 1. The van der Waals surface area contributed by atoms with E-state index in [0.717, 1.165) is 25.3 Å². The van der Waals surface area contributed by atoms with Crippen LogP contribution >= 0.6 is 0 Å². The number of hydrogen-bond acceptors (Lipinski definition) is 3. The smallest absolute Gasteiger partial charge is 0.120 e. The fourth-order valence-electron chi connectivity index (χ4n) is 2.57. The van der Waals surface area contributed by atoms with Crippen molar-refractivity contribution < 1.29 is 9.15 Å². The van der Waals surface area contributed by atoms with Crippen LogP contribution in [0, 0.1) is 0 Å². The van der Waals surface area contributed by atoms with E-state index in [2.05, 4.69) is 36.5 Å². The molecule has 2 heterocycles. The summed E-state index contributed by atoms with van der Waals surface area (Å²) >= 11 is 0. The summed E-state index contributed by atoms with van der Waals surface area (Å²) in [7, 11) is 0. The zero-order valence-corrected chi connectivity index (χ0v) is 11.1. The molecule has 0 amide bonds. The fraction of sp³-hybridized carbons (Fsp3) is 0.375. The summed E-state index contributed by atoms with van der Waals surface area (Å²) in [6.45, 7) is 3.71. The van der Waals surface area contributed by atoms with E-state index in [-0.39, 0.29) is 12.1 Å². The molecule has 3 rings (SSSR count). The SMILES string of the molecule is C[C@@H](NCC1OCCc2ccccc21)c1ccco1. The van der Waals surface area contributed by atoms with Crippen molar-refractivity contribution in [3.63, 3.8) is 0 Å². The molecule has 3 heteroatoms. The van der Waals surface area contributed by atoms with E-state index in [9.17, 15) is 0 Å². The predicted octanol–water partition coefficient (Wildman–Crippen LogP) is 3.24. The molecule has 1 aromatic carbocycles. The molecule has 19 heavy (non-hydrogen) atoms. The lowest BCUT2D eigenvalue weighted by Crippen LogP contribution is -2.29. The van der Waals surface area contributed by atoms with Crippen LogP contribution in [0.4, 0.5) is 0 Å². The van der Waals surface area contributed by atoms with Crippen molar-refractivity contribution >= 4 is 0 Å². The minimum absolute atomic E-state index is 0.141. The van der Waals surface area contributed by atoms with Gasteiger partial charge in [0.25, 0.3) is 0 Å². The largest absolute Gasteiger partial charge is 0.468 e. The molecule has 0 fully saturated rings. The van der Waals surface area contributed by atoms with Gasteiger partial charge in [0.05, 0.1) is 25.0 Å². The van der Waals surface area contributed by atoms with Crippen LogP contribution < -0.4 is 5.32 Å². The molecule has 1 aromatic heterocycles. The fourth-order valence-corrected chi connectivity index (χ4v) is 2.57. The van der Waals surface area contributed by atoms with Crippen LogP contribution in [0.25, 0.3) is 0 Å². The zero-order chi connectivity index (χ0) is 13.1. The Balaban J connectivity index is 1.65. The van der Waals surface area contributed by atoms with Crippen molar-refractivity contribution in [1.29, 1.82) is 0 Å². The van der Waals surface area contributed by atoms with Crippen LogP contribution in [0.3, 0.4) is 0 Å². The molecule has 1 unspecified atom stereocenters. The highest BCUT2D eigenvalue weighted by Gasteiger charge is 2.21. The predicted molar refractivity (Wildman–Crippen MR) is 74.0 cm³/mol. The Labute approximate surface area is 113 Å². The van der Waals surface area contributed by atoms with Gasteiger partial charge >= 0.3 is 0 Å². The Bertz CT molecular complexity index is 521. The molecule has 2 atom stereocenters. The average molecular weight is 257 g/mol. The van der Waals surface area contributed by atoms with Gasteiger partial charge in [-0.1, -0.05) is 24.3 Å². The molecular weight excluding hydrogens is 238 g/mol. The van der Waals surface area contributed by atoms with Crippen LogP contribution in [0.5, 0.6) is 0 Å². The van der Waals surface area contributed by atoms with E-state index < -0.39 is 0 Å². The maximum Gasteiger partial charge on any atom is 0.120 e. The van der Waals surface area contributed by atoms with Gasteiger partial charge in [-0.15, -0.1) is 0 Å². The normalized spacial score (nSPS) is 19.9. The third-order valence-corrected chi connectivity index (χ3v) is 3.67. The number of ether oxygens (including phenoxy) is 1. The summed E-state index contributed by atoms with van der Waals surface area (Å²) < 4.78 is 11.3. The molecule has 1 aliphatic rings. The summed E-state index contributed by atoms with van der Waals surface area (Å²) in [6, 6.07) is 12.6. The molecule has 0 radical (unpaired) electrons. The molecular formula is C16H19NO2. The highest BCUT2D eigenvalue weighted by atomic mass is 16.5. The second-order valence-electron chi connectivity index (χ2n) is 4.95. The summed E-state index contributed by atoms with van der Waals surface area (Å²) in [5.41, 5.74) is 2.72. The van der Waals surface area contributed by atoms with Crippen LogP contribution in [-0.2, 0) is 11.2 Å². The first-order valence-electron chi connectivity index (χ1n) is 6.81. The first kappa shape index (κ1) is 12.5. The topological polar surface area (TPSA) is 34.4 Å². The van der Waals surface area contributed by atoms with E-state index in [1.54, 1.807) is 6.26 Å². The summed E-state index contributed by atoms with van der Waals surface area (Å²) in [4.78, 5) is 0. The van der Waals surface area contributed by atoms with Gasteiger partial charge in [0.2, 0.25) is 0 Å². The van der Waals surface area contributed by atoms with E-state index in [0.29, 0.717) is 0 Å². The highest BCUT2D eigenvalue weighted by Crippen LogP contribution is 2.27. The maximum atomic E-state index is 5.88. The van der Waals surface area contributed by atoms with Crippen molar-refractivity contribution in [1.82, 2.24) is 5.32 Å². The summed E-state index contributed by atoms with van der Waals surface area (Å²) in [6.07, 6.45) is 2.86. The highest BCUT2D eigenvalue weighted by molar-refractivity contribution is 5.31. The number of benzene rings is 1. The quantitative estimate of drug-likeness (QED) is 0.913. The number of rotatable bonds is 4. The first-order chi connectivity index (χ1) is 9.34. The maximum absolute atomic E-state index is 5.88. The van der Waals surface area contributed by atoms with Crippen LogP contribution in [0.1, 0.15) is 36.0 Å². The van der Waals surface area contributed by atoms with Gasteiger partial charge in [0.1, 0.15) is 5.76 Å². The minimum atomic E-state index is 0.141. The number of furan rings is 1. The van der Waals surface area contributed by atoms with Gasteiger partial charge in [-0.25, -0.2) is 0 Å². The zero-order valence-electron chi connectivity index (χ0n) is 11.1. The first-order valence-corrected chi connectivity index (χ1v) is 6.81. The van der Waals surface area contributed by atoms with E-state index >= 15 is 0 Å². The molecule has 1 aliphatic heterocycles. The standard InChI is InChI=1S/C16H19NO2/c1-12(15-7-4-9-18-15)17-11-16-14-6-3-2-5-13(14)8-10-19-16/h2-7,9,12,16-17H,8,10-11H2,1H3/t12-,16?/m1/s1. The molecule has 0 aliphatic carbocycles. The average Bonchev–Trinajstić information content (AvgIpc) is 2.99.